The first-order chi connectivity index (χ1) is 13.1. The molecule has 0 aliphatic carbocycles. The molecule has 27 heavy (non-hydrogen) atoms. The van der Waals surface area contributed by atoms with Crippen LogP contribution in [-0.2, 0) is 13.0 Å². The monoisotopic (exact) mass is 362 g/mol. The second kappa shape index (κ2) is 11.1. The van der Waals surface area contributed by atoms with E-state index < -0.39 is 0 Å². The molecule has 0 saturated carbocycles. The maximum Gasteiger partial charge on any atom is 0.120 e. The average molecular weight is 363 g/mol. The van der Waals surface area contributed by atoms with E-state index in [-0.39, 0.29) is 0 Å². The van der Waals surface area contributed by atoms with Gasteiger partial charge in [0.25, 0.3) is 0 Å². The van der Waals surface area contributed by atoms with Gasteiger partial charge in [-0.05, 0) is 53.3 Å². The fourth-order valence-electron chi connectivity index (χ4n) is 2.55. The molecule has 3 rings (SSSR count). The van der Waals surface area contributed by atoms with Gasteiger partial charge in [-0.1, -0.05) is 75.4 Å². The van der Waals surface area contributed by atoms with Crippen molar-refractivity contribution < 1.29 is 9.47 Å². The molecule has 0 spiro atoms. The van der Waals surface area contributed by atoms with E-state index >= 15 is 0 Å². The van der Waals surface area contributed by atoms with Crippen LogP contribution < -0.4 is 9.47 Å². The predicted octanol–water partition coefficient (Wildman–Crippen LogP) is 6.65. The summed E-state index contributed by atoms with van der Waals surface area (Å²) in [5, 5.41) is 0. The van der Waals surface area contributed by atoms with Crippen molar-refractivity contribution in [1.82, 2.24) is 0 Å². The number of benzene rings is 3. The summed E-state index contributed by atoms with van der Waals surface area (Å²) in [6, 6.07) is 26.7. The SMILES string of the molecule is CCc1ccccc1.COc1ccc(OCc2ccc(C(C)C)cc2)cc1. The third-order valence-electron chi connectivity index (χ3n) is 4.36. The maximum atomic E-state index is 5.74. The Labute approximate surface area is 163 Å². The van der Waals surface area contributed by atoms with Gasteiger partial charge in [-0.15, -0.1) is 0 Å². The van der Waals surface area contributed by atoms with Crippen molar-refractivity contribution in [2.75, 3.05) is 7.11 Å². The molecule has 0 N–H and O–H groups in total. The lowest BCUT2D eigenvalue weighted by atomic mass is 10.0. The van der Waals surface area contributed by atoms with Gasteiger partial charge in [0.2, 0.25) is 0 Å². The minimum absolute atomic E-state index is 0.566. The molecule has 2 nitrogen and oxygen atoms in total. The summed E-state index contributed by atoms with van der Waals surface area (Å²) < 4.78 is 10.8. The van der Waals surface area contributed by atoms with Gasteiger partial charge in [0.05, 0.1) is 7.11 Å². The minimum atomic E-state index is 0.566. The molecule has 0 amide bonds. The van der Waals surface area contributed by atoms with Crippen molar-refractivity contribution in [3.05, 3.63) is 95.6 Å². The normalized spacial score (nSPS) is 10.1. The molecule has 0 heterocycles. The quantitative estimate of drug-likeness (QED) is 0.489. The number of methoxy groups -OCH3 is 1. The molecule has 3 aromatic carbocycles. The highest BCUT2D eigenvalue weighted by molar-refractivity contribution is 5.31. The van der Waals surface area contributed by atoms with Crippen LogP contribution >= 0.6 is 0 Å². The molecule has 0 aromatic heterocycles. The van der Waals surface area contributed by atoms with Crippen LogP contribution in [-0.4, -0.2) is 7.11 Å². The number of hydrogen-bond acceptors (Lipinski definition) is 2. The van der Waals surface area contributed by atoms with E-state index in [2.05, 4.69) is 69.3 Å². The van der Waals surface area contributed by atoms with E-state index in [1.54, 1.807) is 7.11 Å². The molecular formula is C25H30O2. The Morgan fingerprint density at radius 2 is 1.30 bits per heavy atom. The Morgan fingerprint density at radius 1 is 0.704 bits per heavy atom. The first-order valence-electron chi connectivity index (χ1n) is 9.52. The van der Waals surface area contributed by atoms with Crippen LogP contribution in [0.25, 0.3) is 0 Å². The summed E-state index contributed by atoms with van der Waals surface area (Å²) in [5.41, 5.74) is 3.95. The number of aryl methyl sites for hydroxylation is 1. The van der Waals surface area contributed by atoms with Gasteiger partial charge in [0.15, 0.2) is 0 Å². The first kappa shape index (κ1) is 20.6. The van der Waals surface area contributed by atoms with Gasteiger partial charge in [0.1, 0.15) is 18.1 Å². The topological polar surface area (TPSA) is 18.5 Å². The fourth-order valence-corrected chi connectivity index (χ4v) is 2.55. The van der Waals surface area contributed by atoms with Crippen molar-refractivity contribution in [3.63, 3.8) is 0 Å². The predicted molar refractivity (Wildman–Crippen MR) is 114 cm³/mol. The zero-order chi connectivity index (χ0) is 19.5. The van der Waals surface area contributed by atoms with Gasteiger partial charge in [0, 0.05) is 0 Å². The molecule has 2 heteroatoms. The van der Waals surface area contributed by atoms with Crippen LogP contribution in [0.3, 0.4) is 0 Å². The second-order valence-corrected chi connectivity index (χ2v) is 6.70. The molecular weight excluding hydrogens is 332 g/mol. The lowest BCUT2D eigenvalue weighted by Crippen LogP contribution is -1.96. The van der Waals surface area contributed by atoms with Gasteiger partial charge in [-0.3, -0.25) is 0 Å². The number of ether oxygens (including phenoxy) is 2. The molecule has 0 unspecified atom stereocenters. The number of rotatable bonds is 6. The highest BCUT2D eigenvalue weighted by Gasteiger charge is 2.00. The summed E-state index contributed by atoms with van der Waals surface area (Å²) in [6.45, 7) is 7.14. The maximum absolute atomic E-state index is 5.74. The molecule has 0 bridgehead atoms. The van der Waals surface area contributed by atoms with Crippen molar-refractivity contribution in [1.29, 1.82) is 0 Å². The van der Waals surface area contributed by atoms with Gasteiger partial charge in [-0.2, -0.15) is 0 Å². The van der Waals surface area contributed by atoms with Crippen LogP contribution in [0.5, 0.6) is 11.5 Å². The van der Waals surface area contributed by atoms with E-state index in [0.29, 0.717) is 12.5 Å². The van der Waals surface area contributed by atoms with Crippen LogP contribution in [0.4, 0.5) is 0 Å². The molecule has 142 valence electrons. The molecule has 3 aromatic rings. The molecule has 0 aliphatic heterocycles. The Hall–Kier alpha value is -2.74. The summed E-state index contributed by atoms with van der Waals surface area (Å²) in [5.74, 6) is 2.26. The molecule has 0 radical (unpaired) electrons. The molecule has 0 fully saturated rings. The summed E-state index contributed by atoms with van der Waals surface area (Å²) in [6.07, 6.45) is 1.14. The Kier molecular flexibility index (Phi) is 8.44. The summed E-state index contributed by atoms with van der Waals surface area (Å²) >= 11 is 0. The molecule has 0 atom stereocenters. The summed E-state index contributed by atoms with van der Waals surface area (Å²) in [7, 11) is 1.66. The van der Waals surface area contributed by atoms with Crippen LogP contribution in [0.15, 0.2) is 78.9 Å². The summed E-state index contributed by atoms with van der Waals surface area (Å²) in [4.78, 5) is 0. The number of hydrogen-bond donors (Lipinski definition) is 0. The Balaban J connectivity index is 0.000000273. The zero-order valence-electron chi connectivity index (χ0n) is 16.8. The third kappa shape index (κ3) is 7.18. The smallest absolute Gasteiger partial charge is 0.120 e. The van der Waals surface area contributed by atoms with Gasteiger partial charge < -0.3 is 9.47 Å². The lowest BCUT2D eigenvalue weighted by molar-refractivity contribution is 0.305. The fraction of sp³-hybridized carbons (Fsp3) is 0.280. The highest BCUT2D eigenvalue weighted by Crippen LogP contribution is 2.19. The van der Waals surface area contributed by atoms with Crippen molar-refractivity contribution in [2.45, 2.75) is 39.7 Å². The second-order valence-electron chi connectivity index (χ2n) is 6.70. The van der Waals surface area contributed by atoms with E-state index in [9.17, 15) is 0 Å². The van der Waals surface area contributed by atoms with E-state index in [4.69, 9.17) is 9.47 Å². The van der Waals surface area contributed by atoms with Gasteiger partial charge in [-0.25, -0.2) is 0 Å². The lowest BCUT2D eigenvalue weighted by Gasteiger charge is -2.09. The van der Waals surface area contributed by atoms with Crippen molar-refractivity contribution in [2.24, 2.45) is 0 Å². The zero-order valence-corrected chi connectivity index (χ0v) is 16.8. The van der Waals surface area contributed by atoms with E-state index in [0.717, 1.165) is 17.9 Å². The Bertz CT molecular complexity index is 760. The van der Waals surface area contributed by atoms with Gasteiger partial charge >= 0.3 is 0 Å². The highest BCUT2D eigenvalue weighted by atomic mass is 16.5. The van der Waals surface area contributed by atoms with Crippen LogP contribution in [0.2, 0.25) is 0 Å². The average Bonchev–Trinajstić information content (AvgIpc) is 2.74. The van der Waals surface area contributed by atoms with Crippen molar-refractivity contribution in [3.8, 4) is 11.5 Å². The standard InChI is InChI=1S/C17H20O2.C8H10/c1-13(2)15-6-4-14(5-7-15)12-19-17-10-8-16(18-3)9-11-17;1-2-8-6-4-3-5-7-8/h4-11,13H,12H2,1-3H3;3-7H,2H2,1H3. The van der Waals surface area contributed by atoms with E-state index in [1.165, 1.54) is 16.7 Å². The minimum Gasteiger partial charge on any atom is -0.497 e. The molecule has 0 saturated heterocycles. The Morgan fingerprint density at radius 3 is 1.78 bits per heavy atom. The van der Waals surface area contributed by atoms with Crippen LogP contribution in [0.1, 0.15) is 43.4 Å². The third-order valence-corrected chi connectivity index (χ3v) is 4.36. The molecule has 0 aliphatic rings. The largest absolute Gasteiger partial charge is 0.497 e. The first-order valence-corrected chi connectivity index (χ1v) is 9.52. The van der Waals surface area contributed by atoms with E-state index in [1.807, 2.05) is 30.3 Å². The van der Waals surface area contributed by atoms with Crippen LogP contribution in [0, 0.1) is 0 Å². The van der Waals surface area contributed by atoms with Crippen molar-refractivity contribution >= 4 is 0 Å².